The van der Waals surface area contributed by atoms with E-state index in [-0.39, 0.29) is 17.6 Å². The first kappa shape index (κ1) is 14.0. The average Bonchev–Trinajstić information content (AvgIpc) is 2.39. The number of nitrogens with one attached hydrogen (secondary N) is 1. The predicted octanol–water partition coefficient (Wildman–Crippen LogP) is 1.79. The summed E-state index contributed by atoms with van der Waals surface area (Å²) in [5.74, 6) is 0.246. The number of halogens is 1. The number of thioether (sulfide) groups is 1. The maximum Gasteiger partial charge on any atom is 0.234 e. The van der Waals surface area contributed by atoms with Gasteiger partial charge in [0.15, 0.2) is 5.16 Å². The topological polar surface area (TPSA) is 93.8 Å². The zero-order chi connectivity index (χ0) is 13.7. The van der Waals surface area contributed by atoms with Crippen LogP contribution in [0.1, 0.15) is 0 Å². The molecule has 6 nitrogen and oxygen atoms in total. The molecule has 2 aromatic rings. The lowest BCUT2D eigenvalue weighted by Gasteiger charge is -2.04. The van der Waals surface area contributed by atoms with Gasteiger partial charge in [-0.1, -0.05) is 11.8 Å². The molecule has 8 heteroatoms. The minimum absolute atomic E-state index is 0.120. The van der Waals surface area contributed by atoms with Gasteiger partial charge in [0, 0.05) is 9.26 Å². The Labute approximate surface area is 127 Å². The molecule has 19 heavy (non-hydrogen) atoms. The van der Waals surface area contributed by atoms with Crippen molar-refractivity contribution in [1.29, 1.82) is 0 Å². The van der Waals surface area contributed by atoms with Gasteiger partial charge in [0.2, 0.25) is 11.9 Å². The average molecular weight is 387 g/mol. The third-order valence-electron chi connectivity index (χ3n) is 2.03. The first-order valence-electron chi connectivity index (χ1n) is 5.26. The smallest absolute Gasteiger partial charge is 0.234 e. The van der Waals surface area contributed by atoms with E-state index in [0.29, 0.717) is 5.16 Å². The minimum atomic E-state index is -0.120. The molecule has 0 atom stereocenters. The lowest BCUT2D eigenvalue weighted by atomic mass is 10.3. The van der Waals surface area contributed by atoms with E-state index in [2.05, 4.69) is 42.9 Å². The van der Waals surface area contributed by atoms with Crippen molar-refractivity contribution in [2.24, 2.45) is 0 Å². The van der Waals surface area contributed by atoms with E-state index in [1.807, 2.05) is 24.3 Å². The molecular formula is C11H10IN5OS. The van der Waals surface area contributed by atoms with Crippen LogP contribution in [-0.4, -0.2) is 26.6 Å². The SMILES string of the molecule is Nc1ncnc(SCC(=O)Nc2ccc(I)cc2)n1. The summed E-state index contributed by atoms with van der Waals surface area (Å²) in [5, 5.41) is 3.22. The Bertz CT molecular complexity index is 578. The standard InChI is InChI=1S/C11H10IN5OS/c12-7-1-3-8(4-2-7)16-9(18)5-19-11-15-6-14-10(13)17-11/h1-4,6H,5H2,(H,16,18)(H2,13,14,15,17). The molecule has 0 radical (unpaired) electrons. The molecule has 0 unspecified atom stereocenters. The van der Waals surface area contributed by atoms with Crippen LogP contribution in [0.5, 0.6) is 0 Å². The molecule has 1 aromatic carbocycles. The van der Waals surface area contributed by atoms with E-state index in [1.165, 1.54) is 18.1 Å². The van der Waals surface area contributed by atoms with Gasteiger partial charge in [0.1, 0.15) is 6.33 Å². The van der Waals surface area contributed by atoms with Crippen LogP contribution in [0.25, 0.3) is 0 Å². The molecule has 0 saturated heterocycles. The maximum atomic E-state index is 11.7. The summed E-state index contributed by atoms with van der Waals surface area (Å²) in [6.07, 6.45) is 1.32. The molecule has 3 N–H and O–H groups in total. The highest BCUT2D eigenvalue weighted by atomic mass is 127. The lowest BCUT2D eigenvalue weighted by molar-refractivity contribution is -0.113. The van der Waals surface area contributed by atoms with Crippen molar-refractivity contribution in [2.75, 3.05) is 16.8 Å². The molecule has 0 bridgehead atoms. The number of nitrogen functional groups attached to an aromatic ring is 1. The van der Waals surface area contributed by atoms with E-state index in [4.69, 9.17) is 5.73 Å². The Hall–Kier alpha value is -1.42. The maximum absolute atomic E-state index is 11.7. The molecule has 1 amide bonds. The second-order valence-corrected chi connectivity index (χ2v) is 5.66. The molecule has 0 spiro atoms. The zero-order valence-corrected chi connectivity index (χ0v) is 12.7. The van der Waals surface area contributed by atoms with Crippen LogP contribution >= 0.6 is 34.4 Å². The first-order valence-corrected chi connectivity index (χ1v) is 7.32. The number of rotatable bonds is 4. The van der Waals surface area contributed by atoms with Crippen LogP contribution in [-0.2, 0) is 4.79 Å². The second-order valence-electron chi connectivity index (χ2n) is 3.47. The Morgan fingerprint density at radius 1 is 1.32 bits per heavy atom. The summed E-state index contributed by atoms with van der Waals surface area (Å²) < 4.78 is 1.12. The highest BCUT2D eigenvalue weighted by molar-refractivity contribution is 14.1. The van der Waals surface area contributed by atoms with Crippen LogP contribution in [0.2, 0.25) is 0 Å². The number of nitrogens with two attached hydrogens (primary N) is 1. The normalized spacial score (nSPS) is 10.2. The van der Waals surface area contributed by atoms with Crippen LogP contribution in [0.3, 0.4) is 0 Å². The van der Waals surface area contributed by atoms with Gasteiger partial charge >= 0.3 is 0 Å². The number of anilines is 2. The molecule has 0 aliphatic rings. The van der Waals surface area contributed by atoms with Gasteiger partial charge in [-0.2, -0.15) is 4.98 Å². The minimum Gasteiger partial charge on any atom is -0.368 e. The number of aromatic nitrogens is 3. The highest BCUT2D eigenvalue weighted by Gasteiger charge is 2.06. The van der Waals surface area contributed by atoms with Crippen molar-refractivity contribution in [2.45, 2.75) is 5.16 Å². The fourth-order valence-corrected chi connectivity index (χ4v) is 2.19. The van der Waals surface area contributed by atoms with Crippen LogP contribution in [0, 0.1) is 3.57 Å². The fraction of sp³-hybridized carbons (Fsp3) is 0.0909. The molecule has 0 saturated carbocycles. The molecular weight excluding hydrogens is 377 g/mol. The van der Waals surface area contributed by atoms with Crippen LogP contribution in [0.15, 0.2) is 35.7 Å². The van der Waals surface area contributed by atoms with E-state index in [1.54, 1.807) is 0 Å². The van der Waals surface area contributed by atoms with Gasteiger partial charge in [0.05, 0.1) is 5.75 Å². The quantitative estimate of drug-likeness (QED) is 0.614. The van der Waals surface area contributed by atoms with E-state index in [0.717, 1.165) is 9.26 Å². The van der Waals surface area contributed by atoms with Gasteiger partial charge in [0.25, 0.3) is 0 Å². The number of carbonyl (C=O) groups is 1. The Morgan fingerprint density at radius 2 is 2.05 bits per heavy atom. The van der Waals surface area contributed by atoms with Crippen LogP contribution in [0.4, 0.5) is 11.6 Å². The summed E-state index contributed by atoms with van der Waals surface area (Å²) in [6.45, 7) is 0. The Kier molecular flexibility index (Phi) is 4.91. The molecule has 2 rings (SSSR count). The van der Waals surface area contributed by atoms with Crippen molar-refractivity contribution in [3.63, 3.8) is 0 Å². The monoisotopic (exact) mass is 387 g/mol. The summed E-state index contributed by atoms with van der Waals surface area (Å²) in [4.78, 5) is 23.2. The third kappa shape index (κ3) is 4.63. The van der Waals surface area contributed by atoms with Crippen molar-refractivity contribution in [1.82, 2.24) is 15.0 Å². The Morgan fingerprint density at radius 3 is 2.74 bits per heavy atom. The molecule has 0 aliphatic carbocycles. The van der Waals surface area contributed by atoms with E-state index >= 15 is 0 Å². The summed E-state index contributed by atoms with van der Waals surface area (Å²) in [5.41, 5.74) is 6.19. The number of carbonyl (C=O) groups excluding carboxylic acids is 1. The highest BCUT2D eigenvalue weighted by Crippen LogP contribution is 2.14. The molecule has 1 heterocycles. The van der Waals surface area contributed by atoms with Crippen molar-refractivity contribution in [3.05, 3.63) is 34.2 Å². The van der Waals surface area contributed by atoms with Gasteiger partial charge in [-0.25, -0.2) is 9.97 Å². The summed E-state index contributed by atoms with van der Waals surface area (Å²) in [7, 11) is 0. The number of amides is 1. The Balaban J connectivity index is 1.86. The van der Waals surface area contributed by atoms with E-state index in [9.17, 15) is 4.79 Å². The van der Waals surface area contributed by atoms with Crippen molar-refractivity contribution < 1.29 is 4.79 Å². The van der Waals surface area contributed by atoms with Gasteiger partial charge < -0.3 is 11.1 Å². The fourth-order valence-electron chi connectivity index (χ4n) is 1.22. The third-order valence-corrected chi connectivity index (χ3v) is 3.61. The largest absolute Gasteiger partial charge is 0.368 e. The van der Waals surface area contributed by atoms with Gasteiger partial charge in [-0.3, -0.25) is 4.79 Å². The van der Waals surface area contributed by atoms with Crippen molar-refractivity contribution >= 4 is 51.9 Å². The summed E-state index contributed by atoms with van der Waals surface area (Å²) in [6, 6.07) is 7.56. The first-order chi connectivity index (χ1) is 9.13. The number of benzene rings is 1. The second kappa shape index (κ2) is 6.66. The van der Waals surface area contributed by atoms with Gasteiger partial charge in [-0.05, 0) is 46.9 Å². The molecule has 0 fully saturated rings. The molecule has 1 aromatic heterocycles. The van der Waals surface area contributed by atoms with Crippen LogP contribution < -0.4 is 11.1 Å². The zero-order valence-electron chi connectivity index (χ0n) is 9.71. The number of hydrogen-bond acceptors (Lipinski definition) is 6. The molecule has 98 valence electrons. The number of hydrogen-bond donors (Lipinski definition) is 2. The number of nitrogens with zero attached hydrogens (tertiary/aromatic N) is 3. The molecule has 0 aliphatic heterocycles. The summed E-state index contributed by atoms with van der Waals surface area (Å²) >= 11 is 3.42. The van der Waals surface area contributed by atoms with Crippen molar-refractivity contribution in [3.8, 4) is 0 Å². The van der Waals surface area contributed by atoms with Gasteiger partial charge in [-0.15, -0.1) is 0 Å². The van der Waals surface area contributed by atoms with E-state index < -0.39 is 0 Å². The lowest BCUT2D eigenvalue weighted by Crippen LogP contribution is -2.14. The predicted molar refractivity (Wildman–Crippen MR) is 82.8 cm³/mol.